The molecule has 0 bridgehead atoms. The number of thioether (sulfide) groups is 1. The van der Waals surface area contributed by atoms with Crippen molar-refractivity contribution in [3.05, 3.63) is 56.9 Å². The molecule has 1 saturated heterocycles. The van der Waals surface area contributed by atoms with Crippen LogP contribution < -0.4 is 14.8 Å². The summed E-state index contributed by atoms with van der Waals surface area (Å²) < 4.78 is 11.9. The highest BCUT2D eigenvalue weighted by Crippen LogP contribution is 2.38. The Balaban J connectivity index is 1.76. The molecule has 1 fully saturated rings. The lowest BCUT2D eigenvalue weighted by Gasteiger charge is -2.13. The predicted molar refractivity (Wildman–Crippen MR) is 129 cm³/mol. The Bertz CT molecular complexity index is 1070. The molecule has 7 nitrogen and oxygen atoms in total. The van der Waals surface area contributed by atoms with E-state index in [4.69, 9.17) is 9.47 Å². The van der Waals surface area contributed by atoms with E-state index in [-0.39, 0.29) is 11.4 Å². The van der Waals surface area contributed by atoms with Gasteiger partial charge in [-0.25, -0.2) is 0 Å². The third-order valence-electron chi connectivity index (χ3n) is 4.46. The van der Waals surface area contributed by atoms with Crippen LogP contribution in [0.3, 0.4) is 0 Å². The number of carbonyl (C=O) groups is 3. The molecule has 0 saturated carbocycles. The highest BCUT2D eigenvalue weighted by Gasteiger charge is 2.36. The van der Waals surface area contributed by atoms with Gasteiger partial charge in [-0.2, -0.15) is 0 Å². The van der Waals surface area contributed by atoms with E-state index in [1.54, 1.807) is 30.3 Å². The van der Waals surface area contributed by atoms with Crippen LogP contribution >= 0.6 is 27.7 Å². The largest absolute Gasteiger partial charge is 0.490 e. The van der Waals surface area contributed by atoms with E-state index < -0.39 is 17.1 Å². The van der Waals surface area contributed by atoms with Gasteiger partial charge in [-0.05, 0) is 68.4 Å². The first kappa shape index (κ1) is 23.9. The van der Waals surface area contributed by atoms with Crippen LogP contribution in [0.5, 0.6) is 11.5 Å². The van der Waals surface area contributed by atoms with E-state index in [9.17, 15) is 14.4 Å². The third kappa shape index (κ3) is 5.72. The van der Waals surface area contributed by atoms with Crippen molar-refractivity contribution >= 4 is 56.5 Å². The molecular weight excluding hydrogens is 496 g/mol. The molecule has 168 valence electrons. The molecule has 1 heterocycles. The van der Waals surface area contributed by atoms with Crippen molar-refractivity contribution in [2.24, 2.45) is 0 Å². The van der Waals surface area contributed by atoms with Gasteiger partial charge in [0.1, 0.15) is 6.54 Å². The van der Waals surface area contributed by atoms with Gasteiger partial charge in [-0.3, -0.25) is 19.3 Å². The van der Waals surface area contributed by atoms with Crippen LogP contribution in [0.1, 0.15) is 25.0 Å². The molecule has 0 radical (unpaired) electrons. The molecular formula is C23H23BrN2O5S. The standard InChI is InChI=1S/C23H23BrN2O5S/c1-4-30-18-10-15(17(24)12-19(18)31-5-2)11-20-22(28)26(23(29)32-20)13-21(27)25-16-8-6-14(3)7-9-16/h6-12H,4-5,13H2,1-3H3,(H,25,27)/b20-11+. The number of amides is 3. The van der Waals surface area contributed by atoms with Gasteiger partial charge in [-0.1, -0.05) is 33.6 Å². The minimum Gasteiger partial charge on any atom is -0.490 e. The molecule has 32 heavy (non-hydrogen) atoms. The van der Waals surface area contributed by atoms with Crippen LogP contribution in [-0.4, -0.2) is 41.7 Å². The van der Waals surface area contributed by atoms with Crippen LogP contribution in [0.15, 0.2) is 45.8 Å². The lowest BCUT2D eigenvalue weighted by molar-refractivity contribution is -0.127. The molecule has 0 spiro atoms. The monoisotopic (exact) mass is 518 g/mol. The summed E-state index contributed by atoms with van der Waals surface area (Å²) in [6, 6.07) is 10.8. The van der Waals surface area contributed by atoms with Crippen LogP contribution in [-0.2, 0) is 9.59 Å². The second-order valence-electron chi connectivity index (χ2n) is 6.87. The zero-order valence-corrected chi connectivity index (χ0v) is 20.3. The van der Waals surface area contributed by atoms with Crippen molar-refractivity contribution in [2.45, 2.75) is 20.8 Å². The lowest BCUT2D eigenvalue weighted by atomic mass is 10.2. The molecule has 9 heteroatoms. The number of rotatable bonds is 8. The van der Waals surface area contributed by atoms with Crippen molar-refractivity contribution in [3.63, 3.8) is 0 Å². The molecule has 3 rings (SSSR count). The van der Waals surface area contributed by atoms with Crippen LogP contribution in [0.25, 0.3) is 6.08 Å². The number of nitrogens with zero attached hydrogens (tertiary/aromatic N) is 1. The van der Waals surface area contributed by atoms with Gasteiger partial charge in [0, 0.05) is 10.2 Å². The maximum absolute atomic E-state index is 12.8. The summed E-state index contributed by atoms with van der Waals surface area (Å²) in [5, 5.41) is 2.21. The van der Waals surface area contributed by atoms with E-state index >= 15 is 0 Å². The number of halogens is 1. The normalized spacial score (nSPS) is 14.8. The molecule has 0 atom stereocenters. The Hall–Kier alpha value is -2.78. The number of ether oxygens (including phenoxy) is 2. The zero-order chi connectivity index (χ0) is 23.3. The number of benzene rings is 2. The van der Waals surface area contributed by atoms with Gasteiger partial charge in [0.05, 0.1) is 18.1 Å². The Kier molecular flexibility index (Phi) is 7.98. The smallest absolute Gasteiger partial charge is 0.294 e. The number of hydrogen-bond acceptors (Lipinski definition) is 6. The summed E-state index contributed by atoms with van der Waals surface area (Å²) in [5.74, 6) is 0.163. The Morgan fingerprint density at radius 1 is 1.09 bits per heavy atom. The van der Waals surface area contributed by atoms with Crippen molar-refractivity contribution in [3.8, 4) is 11.5 Å². The molecule has 3 amide bonds. The maximum Gasteiger partial charge on any atom is 0.294 e. The maximum atomic E-state index is 12.8. The van der Waals surface area contributed by atoms with Gasteiger partial charge >= 0.3 is 0 Å². The predicted octanol–water partition coefficient (Wildman–Crippen LogP) is 5.23. The molecule has 1 aliphatic heterocycles. The Morgan fingerprint density at radius 2 is 1.72 bits per heavy atom. The van der Waals surface area contributed by atoms with Crippen molar-refractivity contribution in [2.75, 3.05) is 25.1 Å². The number of hydrogen-bond donors (Lipinski definition) is 1. The van der Waals surface area contributed by atoms with Crippen molar-refractivity contribution < 1.29 is 23.9 Å². The van der Waals surface area contributed by atoms with Gasteiger partial charge in [-0.15, -0.1) is 0 Å². The molecule has 1 aliphatic rings. The average Bonchev–Trinajstić information content (AvgIpc) is 3.00. The molecule has 0 unspecified atom stereocenters. The van der Waals surface area contributed by atoms with Gasteiger partial charge < -0.3 is 14.8 Å². The SMILES string of the molecule is CCOc1cc(Br)c(/C=C2/SC(=O)N(CC(=O)Nc3ccc(C)cc3)C2=O)cc1OCC. The zero-order valence-electron chi connectivity index (χ0n) is 17.9. The Labute approximate surface area is 199 Å². The average molecular weight is 519 g/mol. The minimum absolute atomic E-state index is 0.227. The summed E-state index contributed by atoms with van der Waals surface area (Å²) in [5.41, 5.74) is 2.32. The number of nitrogens with one attached hydrogen (secondary N) is 1. The fraction of sp³-hybridized carbons (Fsp3) is 0.261. The third-order valence-corrected chi connectivity index (χ3v) is 6.05. The van der Waals surface area contributed by atoms with E-state index in [1.165, 1.54) is 0 Å². The second-order valence-corrected chi connectivity index (χ2v) is 8.72. The Morgan fingerprint density at radius 3 is 2.34 bits per heavy atom. The summed E-state index contributed by atoms with van der Waals surface area (Å²) in [4.78, 5) is 38.7. The van der Waals surface area contributed by atoms with Crippen molar-refractivity contribution in [1.82, 2.24) is 4.90 Å². The quantitative estimate of drug-likeness (QED) is 0.481. The summed E-state index contributed by atoms with van der Waals surface area (Å²) in [7, 11) is 0. The van der Waals surface area contributed by atoms with Gasteiger partial charge in [0.2, 0.25) is 5.91 Å². The first-order valence-electron chi connectivity index (χ1n) is 10.0. The first-order chi connectivity index (χ1) is 15.3. The summed E-state index contributed by atoms with van der Waals surface area (Å²) >= 11 is 4.27. The van der Waals surface area contributed by atoms with E-state index in [1.807, 2.05) is 32.9 Å². The lowest BCUT2D eigenvalue weighted by Crippen LogP contribution is -2.36. The molecule has 0 aromatic heterocycles. The van der Waals surface area contributed by atoms with E-state index in [0.29, 0.717) is 40.4 Å². The molecule has 0 aliphatic carbocycles. The van der Waals surface area contributed by atoms with Gasteiger partial charge in [0.25, 0.3) is 11.1 Å². The highest BCUT2D eigenvalue weighted by molar-refractivity contribution is 9.10. The summed E-state index contributed by atoms with van der Waals surface area (Å²) in [6.07, 6.45) is 1.60. The number of anilines is 1. The summed E-state index contributed by atoms with van der Waals surface area (Å²) in [6.45, 7) is 6.26. The van der Waals surface area contributed by atoms with Gasteiger partial charge in [0.15, 0.2) is 11.5 Å². The molecule has 2 aromatic carbocycles. The second kappa shape index (κ2) is 10.7. The van der Waals surface area contributed by atoms with E-state index in [2.05, 4.69) is 21.2 Å². The van der Waals surface area contributed by atoms with E-state index in [0.717, 1.165) is 22.2 Å². The minimum atomic E-state index is -0.516. The fourth-order valence-electron chi connectivity index (χ4n) is 2.96. The number of imide groups is 1. The van der Waals surface area contributed by atoms with Crippen LogP contribution in [0.4, 0.5) is 10.5 Å². The van der Waals surface area contributed by atoms with Crippen molar-refractivity contribution in [1.29, 1.82) is 0 Å². The molecule has 1 N–H and O–H groups in total. The first-order valence-corrected chi connectivity index (χ1v) is 11.6. The molecule has 2 aromatic rings. The topological polar surface area (TPSA) is 84.9 Å². The number of carbonyl (C=O) groups excluding carboxylic acids is 3. The highest BCUT2D eigenvalue weighted by atomic mass is 79.9. The van der Waals surface area contributed by atoms with Crippen LogP contribution in [0, 0.1) is 6.92 Å². The number of aryl methyl sites for hydroxylation is 1. The fourth-order valence-corrected chi connectivity index (χ4v) is 4.22. The van der Waals surface area contributed by atoms with Crippen LogP contribution in [0.2, 0.25) is 0 Å².